The van der Waals surface area contributed by atoms with Crippen LogP contribution in [0.3, 0.4) is 0 Å². The Morgan fingerprint density at radius 2 is 2.09 bits per heavy atom. The molecule has 2 aromatic heterocycles. The Labute approximate surface area is 132 Å². The lowest BCUT2D eigenvalue weighted by molar-refractivity contribution is 0.434. The molecule has 3 rings (SSSR count). The fraction of sp³-hybridized carbons (Fsp3) is 0.647. The van der Waals surface area contributed by atoms with Crippen molar-refractivity contribution in [3.8, 4) is 0 Å². The number of nitrogens with one attached hydrogen (secondary N) is 1. The summed E-state index contributed by atoms with van der Waals surface area (Å²) in [5, 5.41) is 12.6. The normalized spacial score (nSPS) is 17.2. The summed E-state index contributed by atoms with van der Waals surface area (Å²) in [5.41, 5.74) is 3.83. The zero-order valence-corrected chi connectivity index (χ0v) is 13.9. The average molecular weight is 301 g/mol. The molecule has 1 aliphatic carbocycles. The number of aryl methyl sites for hydroxylation is 1. The van der Waals surface area contributed by atoms with Crippen molar-refractivity contribution < 1.29 is 0 Å². The zero-order valence-electron chi connectivity index (χ0n) is 13.9. The van der Waals surface area contributed by atoms with Gasteiger partial charge < -0.3 is 5.32 Å². The molecule has 0 spiro atoms. The molecule has 5 heteroatoms. The van der Waals surface area contributed by atoms with Gasteiger partial charge in [0.05, 0.1) is 17.9 Å². The molecule has 1 saturated carbocycles. The molecule has 5 nitrogen and oxygen atoms in total. The summed E-state index contributed by atoms with van der Waals surface area (Å²) in [4.78, 5) is 0. The molecule has 1 atom stereocenters. The Balaban J connectivity index is 1.65. The van der Waals surface area contributed by atoms with Gasteiger partial charge in [-0.2, -0.15) is 10.2 Å². The van der Waals surface area contributed by atoms with Gasteiger partial charge in [0.15, 0.2) is 0 Å². The fourth-order valence-corrected chi connectivity index (χ4v) is 3.53. The van der Waals surface area contributed by atoms with E-state index in [-0.39, 0.29) is 0 Å². The highest BCUT2D eigenvalue weighted by Gasteiger charge is 2.20. The van der Waals surface area contributed by atoms with E-state index in [1.807, 2.05) is 12.4 Å². The van der Waals surface area contributed by atoms with Gasteiger partial charge in [-0.15, -0.1) is 0 Å². The van der Waals surface area contributed by atoms with Crippen LogP contribution in [-0.2, 0) is 13.1 Å². The zero-order chi connectivity index (χ0) is 15.5. The number of rotatable bonds is 6. The van der Waals surface area contributed by atoms with E-state index >= 15 is 0 Å². The van der Waals surface area contributed by atoms with Crippen LogP contribution in [0.5, 0.6) is 0 Å². The summed E-state index contributed by atoms with van der Waals surface area (Å²) in [6.07, 6.45) is 9.14. The largest absolute Gasteiger partial charge is 0.304 e. The molecule has 1 N–H and O–H groups in total. The van der Waals surface area contributed by atoms with Gasteiger partial charge in [-0.1, -0.05) is 12.8 Å². The molecule has 0 bridgehead atoms. The van der Waals surface area contributed by atoms with Crippen LogP contribution in [0.1, 0.15) is 68.6 Å². The van der Waals surface area contributed by atoms with Crippen molar-refractivity contribution in [2.24, 2.45) is 0 Å². The molecule has 1 fully saturated rings. The fourth-order valence-electron chi connectivity index (χ4n) is 3.53. The minimum atomic E-state index is 0.298. The third-order valence-corrected chi connectivity index (χ3v) is 4.92. The van der Waals surface area contributed by atoms with E-state index in [0.717, 1.165) is 13.1 Å². The second-order valence-corrected chi connectivity index (χ2v) is 6.31. The van der Waals surface area contributed by atoms with Gasteiger partial charge in [-0.25, -0.2) is 0 Å². The van der Waals surface area contributed by atoms with E-state index < -0.39 is 0 Å². The quantitative estimate of drug-likeness (QED) is 0.890. The van der Waals surface area contributed by atoms with Gasteiger partial charge in [0.1, 0.15) is 0 Å². The smallest absolute Gasteiger partial charge is 0.0540 e. The van der Waals surface area contributed by atoms with Gasteiger partial charge in [0, 0.05) is 36.6 Å². The van der Waals surface area contributed by atoms with Crippen molar-refractivity contribution in [3.63, 3.8) is 0 Å². The van der Waals surface area contributed by atoms with Crippen LogP contribution >= 0.6 is 0 Å². The second kappa shape index (κ2) is 6.65. The monoisotopic (exact) mass is 301 g/mol. The van der Waals surface area contributed by atoms with E-state index in [9.17, 15) is 0 Å². The minimum Gasteiger partial charge on any atom is -0.304 e. The van der Waals surface area contributed by atoms with E-state index in [0.29, 0.717) is 12.1 Å². The Morgan fingerprint density at radius 3 is 2.77 bits per heavy atom. The molecule has 2 heterocycles. The van der Waals surface area contributed by atoms with E-state index in [2.05, 4.69) is 51.7 Å². The first-order chi connectivity index (χ1) is 10.7. The van der Waals surface area contributed by atoms with Crippen LogP contribution < -0.4 is 5.32 Å². The van der Waals surface area contributed by atoms with Crippen LogP contribution in [0.4, 0.5) is 0 Å². The highest BCUT2D eigenvalue weighted by molar-refractivity contribution is 5.20. The maximum absolute atomic E-state index is 4.54. The van der Waals surface area contributed by atoms with Crippen LogP contribution in [0.2, 0.25) is 0 Å². The Hall–Kier alpha value is -1.62. The molecule has 0 amide bonds. The van der Waals surface area contributed by atoms with Gasteiger partial charge >= 0.3 is 0 Å². The number of aromatic nitrogens is 4. The molecule has 0 radical (unpaired) electrons. The van der Waals surface area contributed by atoms with Crippen LogP contribution in [-0.4, -0.2) is 19.6 Å². The molecule has 0 aliphatic heterocycles. The lowest BCUT2D eigenvalue weighted by Gasteiger charge is -2.17. The first-order valence-corrected chi connectivity index (χ1v) is 8.48. The highest BCUT2D eigenvalue weighted by atomic mass is 15.3. The van der Waals surface area contributed by atoms with Crippen molar-refractivity contribution in [1.29, 1.82) is 0 Å². The molecule has 2 aromatic rings. The maximum atomic E-state index is 4.54. The Morgan fingerprint density at radius 1 is 1.32 bits per heavy atom. The SMILES string of the molecule is CCn1ncc(C(C)NCc2ccnn2C2CCCC2)c1C. The van der Waals surface area contributed by atoms with E-state index in [1.54, 1.807) is 0 Å². The van der Waals surface area contributed by atoms with Crippen LogP contribution in [0, 0.1) is 6.92 Å². The summed E-state index contributed by atoms with van der Waals surface area (Å²) in [7, 11) is 0. The van der Waals surface area contributed by atoms with Crippen molar-refractivity contribution in [2.45, 2.75) is 71.6 Å². The third kappa shape index (κ3) is 2.95. The number of hydrogen-bond donors (Lipinski definition) is 1. The first kappa shape index (κ1) is 15.3. The molecule has 0 saturated heterocycles. The van der Waals surface area contributed by atoms with Gasteiger partial charge in [-0.05, 0) is 39.7 Å². The van der Waals surface area contributed by atoms with Crippen molar-refractivity contribution in [2.75, 3.05) is 0 Å². The standard InChI is InChI=1S/C17H27N5/c1-4-21-14(3)17(12-20-21)13(2)18-11-16-9-10-19-22(16)15-7-5-6-8-15/h9-10,12-13,15,18H,4-8,11H2,1-3H3. The van der Waals surface area contributed by atoms with E-state index in [4.69, 9.17) is 0 Å². The molecule has 0 aromatic carbocycles. The van der Waals surface area contributed by atoms with Crippen molar-refractivity contribution in [1.82, 2.24) is 24.9 Å². The van der Waals surface area contributed by atoms with Crippen LogP contribution in [0.25, 0.3) is 0 Å². The van der Waals surface area contributed by atoms with Crippen LogP contribution in [0.15, 0.2) is 18.5 Å². The topological polar surface area (TPSA) is 47.7 Å². The van der Waals surface area contributed by atoms with Crippen molar-refractivity contribution >= 4 is 0 Å². The Kier molecular flexibility index (Phi) is 4.62. The molecular formula is C17H27N5. The molecule has 120 valence electrons. The maximum Gasteiger partial charge on any atom is 0.0540 e. The summed E-state index contributed by atoms with van der Waals surface area (Å²) in [6, 6.07) is 3.04. The van der Waals surface area contributed by atoms with Gasteiger partial charge in [0.25, 0.3) is 0 Å². The highest BCUT2D eigenvalue weighted by Crippen LogP contribution is 2.29. The third-order valence-electron chi connectivity index (χ3n) is 4.92. The summed E-state index contributed by atoms with van der Waals surface area (Å²) >= 11 is 0. The Bertz CT molecular complexity index is 606. The lowest BCUT2D eigenvalue weighted by atomic mass is 10.1. The summed E-state index contributed by atoms with van der Waals surface area (Å²) in [6.45, 7) is 8.26. The minimum absolute atomic E-state index is 0.298. The van der Waals surface area contributed by atoms with Gasteiger partial charge in [-0.3, -0.25) is 9.36 Å². The molecule has 1 unspecified atom stereocenters. The van der Waals surface area contributed by atoms with Gasteiger partial charge in [0.2, 0.25) is 0 Å². The lowest BCUT2D eigenvalue weighted by Crippen LogP contribution is -2.22. The predicted octanol–water partition coefficient (Wildman–Crippen LogP) is 3.37. The number of nitrogens with zero attached hydrogens (tertiary/aromatic N) is 4. The summed E-state index contributed by atoms with van der Waals surface area (Å²) in [5.74, 6) is 0. The molecule has 1 aliphatic rings. The van der Waals surface area contributed by atoms with E-state index in [1.165, 1.54) is 42.6 Å². The average Bonchev–Trinajstić information content (AvgIpc) is 3.24. The summed E-state index contributed by atoms with van der Waals surface area (Å²) < 4.78 is 4.28. The molecular weight excluding hydrogens is 274 g/mol. The predicted molar refractivity (Wildman–Crippen MR) is 87.6 cm³/mol. The first-order valence-electron chi connectivity index (χ1n) is 8.48. The molecule has 22 heavy (non-hydrogen) atoms. The second-order valence-electron chi connectivity index (χ2n) is 6.31. The van der Waals surface area contributed by atoms with Crippen molar-refractivity contribution in [3.05, 3.63) is 35.4 Å². The number of hydrogen-bond acceptors (Lipinski definition) is 3.